The number of nitrogens with two attached hydrogens (primary N) is 1. The first-order valence-electron chi connectivity index (χ1n) is 9.48. The number of hydrogen-bond donors (Lipinski definition) is 2. The Balaban J connectivity index is 2.00. The summed E-state index contributed by atoms with van der Waals surface area (Å²) in [5.74, 6) is 1.98. The largest absolute Gasteiger partial charge is 0.456 e. The summed E-state index contributed by atoms with van der Waals surface area (Å²) in [5.41, 5.74) is 9.33. The second-order valence-electron chi connectivity index (χ2n) is 6.58. The van der Waals surface area contributed by atoms with Gasteiger partial charge < -0.3 is 15.8 Å². The maximum atomic E-state index is 6.36. The van der Waals surface area contributed by atoms with Crippen molar-refractivity contribution in [1.82, 2.24) is 5.32 Å². The Hall–Kier alpha value is -2.43. The van der Waals surface area contributed by atoms with Gasteiger partial charge in [0.15, 0.2) is 0 Å². The van der Waals surface area contributed by atoms with Gasteiger partial charge in [0.25, 0.3) is 0 Å². The topological polar surface area (TPSA) is 59.6 Å². The van der Waals surface area contributed by atoms with Gasteiger partial charge in [-0.3, -0.25) is 0 Å². The molecule has 4 nitrogen and oxygen atoms in total. The van der Waals surface area contributed by atoms with Crippen LogP contribution in [0.2, 0.25) is 5.02 Å². The van der Waals surface area contributed by atoms with E-state index in [1.165, 1.54) is 0 Å². The van der Waals surface area contributed by atoms with Crippen molar-refractivity contribution in [2.24, 2.45) is 4.99 Å². The lowest BCUT2D eigenvalue weighted by atomic mass is 10.1. The molecule has 6 heteroatoms. The first kappa shape index (κ1) is 22.9. The SMILES string of the molecule is C=C(CC)/C(Cl)=C(\N=C/C)NCCc1ccc(Oc2c(C)cc(N)cc2Cl)cc1. The molecule has 0 radical (unpaired) electrons. The number of nitrogen functional groups attached to an aromatic ring is 1. The third-order valence-electron chi connectivity index (χ3n) is 4.30. The zero-order valence-corrected chi connectivity index (χ0v) is 18.6. The van der Waals surface area contributed by atoms with Gasteiger partial charge in [0, 0.05) is 18.4 Å². The van der Waals surface area contributed by atoms with Gasteiger partial charge in [-0.25, -0.2) is 4.99 Å². The average Bonchev–Trinajstić information content (AvgIpc) is 2.70. The fourth-order valence-corrected chi connectivity index (χ4v) is 3.25. The molecule has 0 aliphatic carbocycles. The summed E-state index contributed by atoms with van der Waals surface area (Å²) < 4.78 is 5.94. The van der Waals surface area contributed by atoms with Crippen LogP contribution in [0.4, 0.5) is 5.69 Å². The van der Waals surface area contributed by atoms with E-state index < -0.39 is 0 Å². The molecule has 0 atom stereocenters. The molecule has 2 rings (SSSR count). The highest BCUT2D eigenvalue weighted by Crippen LogP contribution is 2.34. The summed E-state index contributed by atoms with van der Waals surface area (Å²) in [5, 5.41) is 4.36. The Labute approximate surface area is 183 Å². The lowest BCUT2D eigenvalue weighted by Crippen LogP contribution is -2.17. The number of nitrogens with one attached hydrogen (secondary N) is 1. The Morgan fingerprint density at radius 2 is 1.97 bits per heavy atom. The van der Waals surface area contributed by atoms with Crippen molar-refractivity contribution in [2.75, 3.05) is 12.3 Å². The van der Waals surface area contributed by atoms with Crippen LogP contribution >= 0.6 is 23.2 Å². The average molecular weight is 432 g/mol. The van der Waals surface area contributed by atoms with Gasteiger partial charge >= 0.3 is 0 Å². The van der Waals surface area contributed by atoms with Crippen molar-refractivity contribution >= 4 is 35.1 Å². The molecule has 0 saturated carbocycles. The van der Waals surface area contributed by atoms with Crippen molar-refractivity contribution in [3.05, 3.63) is 75.6 Å². The number of anilines is 1. The number of allylic oxidation sites excluding steroid dienone is 2. The molecule has 2 aromatic carbocycles. The van der Waals surface area contributed by atoms with E-state index >= 15 is 0 Å². The lowest BCUT2D eigenvalue weighted by Gasteiger charge is -2.13. The molecule has 0 amide bonds. The maximum Gasteiger partial charge on any atom is 0.149 e. The smallest absolute Gasteiger partial charge is 0.149 e. The van der Waals surface area contributed by atoms with E-state index in [0.717, 1.165) is 35.3 Å². The zero-order valence-electron chi connectivity index (χ0n) is 17.1. The standard InChI is InChI=1S/C23H27Cl2N3O/c1-5-15(3)21(25)23(27-6-2)28-12-11-17-7-9-19(10-8-17)29-22-16(4)13-18(26)14-20(22)24/h6-10,13-14,28H,3,5,11-12,26H2,1-2,4H3/b23-21-,27-6-. The van der Waals surface area contributed by atoms with Crippen LogP contribution in [0.25, 0.3) is 0 Å². The van der Waals surface area contributed by atoms with Crippen LogP contribution < -0.4 is 15.8 Å². The molecule has 0 saturated heterocycles. The van der Waals surface area contributed by atoms with Gasteiger partial charge in [0.05, 0.1) is 10.1 Å². The van der Waals surface area contributed by atoms with Crippen molar-refractivity contribution in [3.63, 3.8) is 0 Å². The third-order valence-corrected chi connectivity index (χ3v) is 5.03. The molecular weight excluding hydrogens is 405 g/mol. The third kappa shape index (κ3) is 6.55. The highest BCUT2D eigenvalue weighted by molar-refractivity contribution is 6.32. The molecule has 0 aliphatic heterocycles. The minimum Gasteiger partial charge on any atom is -0.456 e. The molecule has 0 heterocycles. The molecule has 3 N–H and O–H groups in total. The minimum atomic E-state index is 0.497. The van der Waals surface area contributed by atoms with Gasteiger partial charge in [0.1, 0.15) is 17.3 Å². The quantitative estimate of drug-likeness (QED) is 0.266. The van der Waals surface area contributed by atoms with E-state index in [1.807, 2.05) is 51.1 Å². The maximum absolute atomic E-state index is 6.36. The lowest BCUT2D eigenvalue weighted by molar-refractivity contribution is 0.479. The van der Waals surface area contributed by atoms with Crippen LogP contribution in [-0.4, -0.2) is 12.8 Å². The van der Waals surface area contributed by atoms with Crippen LogP contribution in [0, 0.1) is 6.92 Å². The number of hydrogen-bond acceptors (Lipinski definition) is 4. The number of aryl methyl sites for hydroxylation is 1. The molecule has 0 unspecified atom stereocenters. The number of aliphatic imine (C=N–C) groups is 1. The van der Waals surface area contributed by atoms with Crippen LogP contribution in [0.1, 0.15) is 31.4 Å². The van der Waals surface area contributed by atoms with E-state index in [0.29, 0.717) is 33.9 Å². The second-order valence-corrected chi connectivity index (χ2v) is 7.36. The number of benzene rings is 2. The van der Waals surface area contributed by atoms with Gasteiger partial charge in [0.2, 0.25) is 0 Å². The fraction of sp³-hybridized carbons (Fsp3) is 0.261. The van der Waals surface area contributed by atoms with E-state index in [1.54, 1.807) is 12.3 Å². The summed E-state index contributed by atoms with van der Waals surface area (Å²) in [6, 6.07) is 11.4. The molecular formula is C23H27Cl2N3O. The molecule has 0 aromatic heterocycles. The summed E-state index contributed by atoms with van der Waals surface area (Å²) in [6.07, 6.45) is 3.31. The first-order chi connectivity index (χ1) is 13.8. The highest BCUT2D eigenvalue weighted by atomic mass is 35.5. The van der Waals surface area contributed by atoms with Gasteiger partial charge in [-0.2, -0.15) is 0 Å². The van der Waals surface area contributed by atoms with Crippen LogP contribution in [0.5, 0.6) is 11.5 Å². The fourth-order valence-electron chi connectivity index (χ4n) is 2.69. The zero-order chi connectivity index (χ0) is 21.4. The molecule has 0 aliphatic rings. The molecule has 0 spiro atoms. The van der Waals surface area contributed by atoms with E-state index in [9.17, 15) is 0 Å². The van der Waals surface area contributed by atoms with Crippen molar-refractivity contribution in [3.8, 4) is 11.5 Å². The predicted molar refractivity (Wildman–Crippen MR) is 125 cm³/mol. The Morgan fingerprint density at radius 3 is 2.55 bits per heavy atom. The number of halogens is 2. The van der Waals surface area contributed by atoms with Crippen molar-refractivity contribution in [2.45, 2.75) is 33.6 Å². The summed E-state index contributed by atoms with van der Waals surface area (Å²) in [6.45, 7) is 10.5. The second kappa shape index (κ2) is 10.9. The number of ether oxygens (including phenoxy) is 1. The Morgan fingerprint density at radius 1 is 1.28 bits per heavy atom. The Bertz CT molecular complexity index is 895. The molecule has 0 bridgehead atoms. The van der Waals surface area contributed by atoms with Crippen molar-refractivity contribution < 1.29 is 4.74 Å². The minimum absolute atomic E-state index is 0.497. The Kier molecular flexibility index (Phi) is 8.62. The molecule has 0 fully saturated rings. The normalized spacial score (nSPS) is 12.0. The van der Waals surface area contributed by atoms with Crippen LogP contribution in [-0.2, 0) is 6.42 Å². The van der Waals surface area contributed by atoms with Crippen LogP contribution in [0.3, 0.4) is 0 Å². The number of rotatable bonds is 9. The summed E-state index contributed by atoms with van der Waals surface area (Å²) >= 11 is 12.6. The first-order valence-corrected chi connectivity index (χ1v) is 10.2. The molecule has 154 valence electrons. The molecule has 2 aromatic rings. The van der Waals surface area contributed by atoms with E-state index in [2.05, 4.69) is 16.9 Å². The van der Waals surface area contributed by atoms with E-state index in [-0.39, 0.29) is 0 Å². The van der Waals surface area contributed by atoms with Gasteiger partial charge in [-0.1, -0.05) is 48.8 Å². The van der Waals surface area contributed by atoms with Crippen molar-refractivity contribution in [1.29, 1.82) is 0 Å². The monoisotopic (exact) mass is 431 g/mol. The molecule has 29 heavy (non-hydrogen) atoms. The summed E-state index contributed by atoms with van der Waals surface area (Å²) in [7, 11) is 0. The van der Waals surface area contributed by atoms with Gasteiger partial charge in [-0.05, 0) is 67.7 Å². The summed E-state index contributed by atoms with van der Waals surface area (Å²) in [4.78, 5) is 4.32. The highest BCUT2D eigenvalue weighted by Gasteiger charge is 2.09. The van der Waals surface area contributed by atoms with Crippen LogP contribution in [0.15, 0.2) is 64.4 Å². The number of nitrogens with zero attached hydrogens (tertiary/aromatic N) is 1. The predicted octanol–water partition coefficient (Wildman–Crippen LogP) is 6.62. The van der Waals surface area contributed by atoms with E-state index in [4.69, 9.17) is 33.7 Å². The van der Waals surface area contributed by atoms with Gasteiger partial charge in [-0.15, -0.1) is 0 Å².